The second-order valence-corrected chi connectivity index (χ2v) is 5.14. The van der Waals surface area contributed by atoms with Crippen LogP contribution in [0.25, 0.3) is 10.9 Å². The van der Waals surface area contributed by atoms with Crippen LogP contribution >= 0.6 is 11.6 Å². The molecule has 0 aliphatic rings. The first kappa shape index (κ1) is 14.4. The van der Waals surface area contributed by atoms with Crippen molar-refractivity contribution in [3.8, 4) is 0 Å². The number of rotatable bonds is 2. The molecule has 0 bridgehead atoms. The van der Waals surface area contributed by atoms with Crippen molar-refractivity contribution in [1.29, 1.82) is 0 Å². The molecule has 4 nitrogen and oxygen atoms in total. The number of pyridine rings is 2. The Kier molecular flexibility index (Phi) is 3.73. The molecule has 3 rings (SSSR count). The Morgan fingerprint density at radius 3 is 2.77 bits per heavy atom. The van der Waals surface area contributed by atoms with Gasteiger partial charge in [0.15, 0.2) is 11.6 Å². The first-order valence-electron chi connectivity index (χ1n) is 6.51. The first-order chi connectivity index (χ1) is 10.6. The highest BCUT2D eigenvalue weighted by Crippen LogP contribution is 2.20. The third kappa shape index (κ3) is 2.63. The lowest BCUT2D eigenvalue weighted by molar-refractivity contribution is 0.0987. The van der Waals surface area contributed by atoms with E-state index in [1.165, 1.54) is 25.4 Å². The number of fused-ring (bicyclic) bond motifs is 1. The van der Waals surface area contributed by atoms with Crippen LogP contribution in [0.5, 0.6) is 0 Å². The second-order valence-electron chi connectivity index (χ2n) is 4.71. The summed E-state index contributed by atoms with van der Waals surface area (Å²) in [5.74, 6) is -1.05. The molecule has 2 aromatic heterocycles. The van der Waals surface area contributed by atoms with E-state index in [1.54, 1.807) is 24.3 Å². The number of nitrogens with zero attached hydrogens (tertiary/aromatic N) is 3. The summed E-state index contributed by atoms with van der Waals surface area (Å²) in [6.07, 6.45) is 1.43. The Morgan fingerprint density at radius 1 is 1.23 bits per heavy atom. The fraction of sp³-hybridized carbons (Fsp3) is 0.0625. The van der Waals surface area contributed by atoms with Gasteiger partial charge < -0.3 is 0 Å². The minimum Gasteiger partial charge on any atom is -0.292 e. The molecular weight excluding hydrogens is 305 g/mol. The monoisotopic (exact) mass is 315 g/mol. The molecule has 0 radical (unpaired) electrons. The number of carbonyl (C=O) groups excluding carboxylic acids is 1. The summed E-state index contributed by atoms with van der Waals surface area (Å²) in [6, 6.07) is 11.3. The van der Waals surface area contributed by atoms with Crippen LogP contribution in [0, 0.1) is 5.82 Å². The van der Waals surface area contributed by atoms with Crippen molar-refractivity contribution in [3.05, 3.63) is 65.2 Å². The highest BCUT2D eigenvalue weighted by molar-refractivity contribution is 6.31. The maximum atomic E-state index is 13.7. The number of carbonyl (C=O) groups is 1. The molecule has 0 N–H and O–H groups in total. The van der Waals surface area contributed by atoms with Crippen molar-refractivity contribution >= 4 is 34.2 Å². The van der Waals surface area contributed by atoms with Crippen molar-refractivity contribution < 1.29 is 9.18 Å². The molecule has 3 aromatic rings. The Morgan fingerprint density at radius 2 is 2.00 bits per heavy atom. The molecule has 0 unspecified atom stereocenters. The van der Waals surface area contributed by atoms with Gasteiger partial charge in [0.05, 0.1) is 5.52 Å². The van der Waals surface area contributed by atoms with Crippen LogP contribution in [-0.2, 0) is 0 Å². The van der Waals surface area contributed by atoms with E-state index in [9.17, 15) is 9.18 Å². The summed E-state index contributed by atoms with van der Waals surface area (Å²) in [5, 5.41) is 1.40. The first-order valence-corrected chi connectivity index (χ1v) is 6.89. The SMILES string of the molecule is CN(C(=O)c1ccc2ccc(Cl)cc2n1)c1ncccc1F. The number of benzene rings is 1. The van der Waals surface area contributed by atoms with Crippen LogP contribution in [0.15, 0.2) is 48.7 Å². The van der Waals surface area contributed by atoms with Crippen LogP contribution in [0.1, 0.15) is 10.5 Å². The Bertz CT molecular complexity index is 869. The van der Waals surface area contributed by atoms with Gasteiger partial charge in [0, 0.05) is 23.7 Å². The molecular formula is C16H11ClFN3O. The van der Waals surface area contributed by atoms with Crippen molar-refractivity contribution in [2.45, 2.75) is 0 Å². The average Bonchev–Trinajstić information content (AvgIpc) is 2.53. The van der Waals surface area contributed by atoms with Gasteiger partial charge in [0.2, 0.25) is 0 Å². The Labute approximate surface area is 131 Å². The summed E-state index contributed by atoms with van der Waals surface area (Å²) < 4.78 is 13.7. The highest BCUT2D eigenvalue weighted by atomic mass is 35.5. The molecule has 22 heavy (non-hydrogen) atoms. The number of halogens is 2. The maximum Gasteiger partial charge on any atom is 0.277 e. The predicted molar refractivity (Wildman–Crippen MR) is 83.7 cm³/mol. The van der Waals surface area contributed by atoms with E-state index in [-0.39, 0.29) is 11.5 Å². The summed E-state index contributed by atoms with van der Waals surface area (Å²) in [5.41, 5.74) is 0.801. The van der Waals surface area contributed by atoms with E-state index in [1.807, 2.05) is 6.07 Å². The lowest BCUT2D eigenvalue weighted by Gasteiger charge is -2.16. The average molecular weight is 316 g/mol. The summed E-state index contributed by atoms with van der Waals surface area (Å²) in [7, 11) is 1.46. The lowest BCUT2D eigenvalue weighted by Crippen LogP contribution is -2.28. The topological polar surface area (TPSA) is 46.1 Å². The molecule has 6 heteroatoms. The molecule has 110 valence electrons. The Balaban J connectivity index is 2.00. The number of hydrogen-bond acceptors (Lipinski definition) is 3. The second kappa shape index (κ2) is 5.69. The normalized spacial score (nSPS) is 10.7. The Hall–Kier alpha value is -2.53. The third-order valence-electron chi connectivity index (χ3n) is 3.23. The van der Waals surface area contributed by atoms with Crippen LogP contribution in [0.3, 0.4) is 0 Å². The zero-order chi connectivity index (χ0) is 15.7. The van der Waals surface area contributed by atoms with Gasteiger partial charge in [-0.2, -0.15) is 0 Å². The van der Waals surface area contributed by atoms with Gasteiger partial charge in [-0.3, -0.25) is 9.69 Å². The van der Waals surface area contributed by atoms with E-state index in [0.29, 0.717) is 10.5 Å². The van der Waals surface area contributed by atoms with Crippen molar-refractivity contribution in [2.24, 2.45) is 0 Å². The standard InChI is InChI=1S/C16H11ClFN3O/c1-21(15-12(18)3-2-8-19-15)16(22)13-7-5-10-4-6-11(17)9-14(10)20-13/h2-9H,1H3. The summed E-state index contributed by atoms with van der Waals surface area (Å²) in [4.78, 5) is 21.8. The van der Waals surface area contributed by atoms with E-state index in [2.05, 4.69) is 9.97 Å². The minimum absolute atomic E-state index is 0.0412. The van der Waals surface area contributed by atoms with Crippen LogP contribution in [0.2, 0.25) is 5.02 Å². The minimum atomic E-state index is -0.567. The number of amides is 1. The number of anilines is 1. The smallest absolute Gasteiger partial charge is 0.277 e. The molecule has 0 spiro atoms. The largest absolute Gasteiger partial charge is 0.292 e. The van der Waals surface area contributed by atoms with Gasteiger partial charge in [0.1, 0.15) is 5.69 Å². The van der Waals surface area contributed by atoms with Crippen molar-refractivity contribution in [1.82, 2.24) is 9.97 Å². The van der Waals surface area contributed by atoms with Gasteiger partial charge in [-0.05, 0) is 30.3 Å². The molecule has 0 fully saturated rings. The summed E-state index contributed by atoms with van der Waals surface area (Å²) in [6.45, 7) is 0. The van der Waals surface area contributed by atoms with Crippen molar-refractivity contribution in [3.63, 3.8) is 0 Å². The van der Waals surface area contributed by atoms with Gasteiger partial charge in [-0.15, -0.1) is 0 Å². The third-order valence-corrected chi connectivity index (χ3v) is 3.47. The lowest BCUT2D eigenvalue weighted by atomic mass is 10.2. The quantitative estimate of drug-likeness (QED) is 0.724. The van der Waals surface area contributed by atoms with Crippen LogP contribution < -0.4 is 4.90 Å². The predicted octanol–water partition coefficient (Wildman–Crippen LogP) is 3.70. The van der Waals surface area contributed by atoms with E-state index in [0.717, 1.165) is 10.3 Å². The van der Waals surface area contributed by atoms with Crippen LogP contribution in [0.4, 0.5) is 10.2 Å². The fourth-order valence-electron chi connectivity index (χ4n) is 2.10. The maximum absolute atomic E-state index is 13.7. The summed E-state index contributed by atoms with van der Waals surface area (Å²) >= 11 is 5.93. The molecule has 0 aliphatic carbocycles. The zero-order valence-electron chi connectivity index (χ0n) is 11.6. The van der Waals surface area contributed by atoms with E-state index >= 15 is 0 Å². The molecule has 1 aromatic carbocycles. The van der Waals surface area contributed by atoms with Gasteiger partial charge in [-0.25, -0.2) is 14.4 Å². The van der Waals surface area contributed by atoms with Gasteiger partial charge >= 0.3 is 0 Å². The molecule has 0 atom stereocenters. The molecule has 0 saturated carbocycles. The van der Waals surface area contributed by atoms with E-state index in [4.69, 9.17) is 11.6 Å². The number of hydrogen-bond donors (Lipinski definition) is 0. The highest BCUT2D eigenvalue weighted by Gasteiger charge is 2.19. The molecule has 1 amide bonds. The van der Waals surface area contributed by atoms with Gasteiger partial charge in [-0.1, -0.05) is 23.7 Å². The van der Waals surface area contributed by atoms with Crippen molar-refractivity contribution in [2.75, 3.05) is 11.9 Å². The van der Waals surface area contributed by atoms with Crippen LogP contribution in [-0.4, -0.2) is 22.9 Å². The fourth-order valence-corrected chi connectivity index (χ4v) is 2.27. The number of aromatic nitrogens is 2. The van der Waals surface area contributed by atoms with Gasteiger partial charge in [0.25, 0.3) is 5.91 Å². The molecule has 2 heterocycles. The zero-order valence-corrected chi connectivity index (χ0v) is 12.4. The molecule has 0 aliphatic heterocycles. The molecule has 0 saturated heterocycles. The van der Waals surface area contributed by atoms with E-state index < -0.39 is 11.7 Å².